The van der Waals surface area contributed by atoms with E-state index in [0.717, 1.165) is 45.9 Å². The van der Waals surface area contributed by atoms with E-state index in [-0.39, 0.29) is 0 Å². The van der Waals surface area contributed by atoms with Gasteiger partial charge in [-0.1, -0.05) is 30.3 Å². The maximum Gasteiger partial charge on any atom is 0.107 e. The van der Waals surface area contributed by atoms with Gasteiger partial charge >= 0.3 is 0 Å². The van der Waals surface area contributed by atoms with Gasteiger partial charge in [0, 0.05) is 43.8 Å². The van der Waals surface area contributed by atoms with Crippen molar-refractivity contribution in [2.24, 2.45) is 0 Å². The molecule has 1 fully saturated rings. The van der Waals surface area contributed by atoms with Crippen LogP contribution in [0.4, 0.5) is 0 Å². The van der Waals surface area contributed by atoms with Gasteiger partial charge < -0.3 is 4.74 Å². The molecule has 0 saturated carbocycles. The first-order chi connectivity index (χ1) is 11.3. The van der Waals surface area contributed by atoms with Crippen molar-refractivity contribution in [3.05, 3.63) is 52.5 Å². The van der Waals surface area contributed by atoms with E-state index in [4.69, 9.17) is 4.74 Å². The summed E-state index contributed by atoms with van der Waals surface area (Å²) in [5, 5.41) is 3.25. The molecule has 3 rings (SSSR count). The summed E-state index contributed by atoms with van der Waals surface area (Å²) in [5.74, 6) is 0. The Labute approximate surface area is 142 Å². The van der Waals surface area contributed by atoms with E-state index in [0.29, 0.717) is 6.04 Å². The van der Waals surface area contributed by atoms with Crippen molar-refractivity contribution in [2.45, 2.75) is 26.1 Å². The second kappa shape index (κ2) is 8.55. The summed E-state index contributed by atoms with van der Waals surface area (Å²) >= 11 is 1.74. The second-order valence-corrected chi connectivity index (χ2v) is 7.06. The van der Waals surface area contributed by atoms with Gasteiger partial charge in [-0.15, -0.1) is 11.3 Å². The lowest BCUT2D eigenvalue weighted by Crippen LogP contribution is -2.47. The minimum absolute atomic E-state index is 0.530. The van der Waals surface area contributed by atoms with E-state index in [2.05, 4.69) is 57.4 Å². The third kappa shape index (κ3) is 5.11. The smallest absolute Gasteiger partial charge is 0.107 e. The predicted molar refractivity (Wildman–Crippen MR) is 94.5 cm³/mol. The standard InChI is InChI=1S/C18H25N3OS/c1-16(21-8-10-22-11-9-21)13-20(15-18-19-7-12-23-18)14-17-5-3-2-4-6-17/h2-7,12,16H,8-11,13-15H2,1H3/t16-/m0/s1. The van der Waals surface area contributed by atoms with Gasteiger partial charge in [-0.25, -0.2) is 4.98 Å². The van der Waals surface area contributed by atoms with Gasteiger partial charge in [-0.05, 0) is 12.5 Å². The van der Waals surface area contributed by atoms with Crippen molar-refractivity contribution < 1.29 is 4.74 Å². The highest BCUT2D eigenvalue weighted by Gasteiger charge is 2.20. The molecule has 0 N–H and O–H groups in total. The van der Waals surface area contributed by atoms with Crippen molar-refractivity contribution >= 4 is 11.3 Å². The largest absolute Gasteiger partial charge is 0.379 e. The first-order valence-corrected chi connectivity index (χ1v) is 9.15. The molecular weight excluding hydrogens is 306 g/mol. The SMILES string of the molecule is C[C@@H](CN(Cc1ccccc1)Cc1nccs1)N1CCOCC1. The van der Waals surface area contributed by atoms with Crippen LogP contribution in [0.15, 0.2) is 41.9 Å². The number of nitrogens with zero attached hydrogens (tertiary/aromatic N) is 3. The molecule has 1 aliphatic rings. The predicted octanol–water partition coefficient (Wildman–Crippen LogP) is 2.87. The fourth-order valence-corrected chi connectivity index (χ4v) is 3.71. The molecule has 1 atom stereocenters. The molecule has 0 radical (unpaired) electrons. The minimum Gasteiger partial charge on any atom is -0.379 e. The monoisotopic (exact) mass is 331 g/mol. The topological polar surface area (TPSA) is 28.6 Å². The van der Waals surface area contributed by atoms with E-state index >= 15 is 0 Å². The van der Waals surface area contributed by atoms with E-state index in [1.54, 1.807) is 11.3 Å². The van der Waals surface area contributed by atoms with Gasteiger partial charge in [0.2, 0.25) is 0 Å². The molecule has 1 aliphatic heterocycles. The van der Waals surface area contributed by atoms with Gasteiger partial charge in [0.1, 0.15) is 5.01 Å². The number of rotatable bonds is 7. The van der Waals surface area contributed by atoms with Crippen LogP contribution in [0, 0.1) is 0 Å². The van der Waals surface area contributed by atoms with Gasteiger partial charge in [-0.2, -0.15) is 0 Å². The summed E-state index contributed by atoms with van der Waals surface area (Å²) < 4.78 is 5.47. The molecule has 0 spiro atoms. The van der Waals surface area contributed by atoms with Crippen LogP contribution in [0.1, 0.15) is 17.5 Å². The minimum atomic E-state index is 0.530. The molecule has 23 heavy (non-hydrogen) atoms. The van der Waals surface area contributed by atoms with Crippen LogP contribution >= 0.6 is 11.3 Å². The number of hydrogen-bond donors (Lipinski definition) is 0. The highest BCUT2D eigenvalue weighted by atomic mass is 32.1. The summed E-state index contributed by atoms with van der Waals surface area (Å²) in [6.07, 6.45) is 1.89. The average Bonchev–Trinajstić information content (AvgIpc) is 3.09. The zero-order chi connectivity index (χ0) is 15.9. The first kappa shape index (κ1) is 16.6. The van der Waals surface area contributed by atoms with Crippen LogP contribution in [0.25, 0.3) is 0 Å². The molecule has 1 saturated heterocycles. The summed E-state index contributed by atoms with van der Waals surface area (Å²) in [4.78, 5) is 9.50. The fourth-order valence-electron chi connectivity index (χ4n) is 3.06. The molecule has 2 heterocycles. The molecule has 0 bridgehead atoms. The third-order valence-electron chi connectivity index (χ3n) is 4.28. The lowest BCUT2D eigenvalue weighted by molar-refractivity contribution is 0.0112. The number of hydrogen-bond acceptors (Lipinski definition) is 5. The summed E-state index contributed by atoms with van der Waals surface area (Å²) in [6, 6.07) is 11.2. The van der Waals surface area contributed by atoms with Crippen molar-refractivity contribution in [2.75, 3.05) is 32.8 Å². The van der Waals surface area contributed by atoms with Crippen molar-refractivity contribution in [1.82, 2.24) is 14.8 Å². The highest BCUT2D eigenvalue weighted by molar-refractivity contribution is 7.09. The fraction of sp³-hybridized carbons (Fsp3) is 0.500. The zero-order valence-corrected chi connectivity index (χ0v) is 14.5. The number of thiazole rings is 1. The van der Waals surface area contributed by atoms with Crippen LogP contribution in [-0.2, 0) is 17.8 Å². The Morgan fingerprint density at radius 1 is 1.22 bits per heavy atom. The van der Waals surface area contributed by atoms with Crippen molar-refractivity contribution in [1.29, 1.82) is 0 Å². The zero-order valence-electron chi connectivity index (χ0n) is 13.7. The van der Waals surface area contributed by atoms with Crippen molar-refractivity contribution in [3.63, 3.8) is 0 Å². The Bertz CT molecular complexity index is 555. The quantitative estimate of drug-likeness (QED) is 0.780. The van der Waals surface area contributed by atoms with Crippen LogP contribution in [0.2, 0.25) is 0 Å². The van der Waals surface area contributed by atoms with E-state index in [9.17, 15) is 0 Å². The maximum atomic E-state index is 5.47. The van der Waals surface area contributed by atoms with Gasteiger partial charge in [0.25, 0.3) is 0 Å². The Balaban J connectivity index is 1.64. The van der Waals surface area contributed by atoms with Crippen LogP contribution in [0.3, 0.4) is 0 Å². The summed E-state index contributed by atoms with van der Waals surface area (Å²) in [6.45, 7) is 9.05. The van der Waals surface area contributed by atoms with Crippen molar-refractivity contribution in [3.8, 4) is 0 Å². The molecule has 1 aromatic heterocycles. The lowest BCUT2D eigenvalue weighted by atomic mass is 10.2. The lowest BCUT2D eigenvalue weighted by Gasteiger charge is -2.35. The normalized spacial score (nSPS) is 17.5. The molecule has 1 aromatic carbocycles. The molecule has 4 nitrogen and oxygen atoms in total. The number of benzene rings is 1. The van der Waals surface area contributed by atoms with E-state index < -0.39 is 0 Å². The second-order valence-electron chi connectivity index (χ2n) is 6.08. The highest BCUT2D eigenvalue weighted by Crippen LogP contribution is 2.14. The summed E-state index contributed by atoms with van der Waals surface area (Å²) in [7, 11) is 0. The Morgan fingerprint density at radius 2 is 2.00 bits per heavy atom. The Hall–Kier alpha value is -1.27. The van der Waals surface area contributed by atoms with E-state index in [1.807, 2.05) is 6.20 Å². The third-order valence-corrected chi connectivity index (χ3v) is 5.05. The molecule has 124 valence electrons. The molecule has 2 aromatic rings. The van der Waals surface area contributed by atoms with Crippen LogP contribution < -0.4 is 0 Å². The molecule has 5 heteroatoms. The number of morpholine rings is 1. The Kier molecular flexibility index (Phi) is 6.16. The average molecular weight is 331 g/mol. The molecule has 0 amide bonds. The van der Waals surface area contributed by atoms with E-state index in [1.165, 1.54) is 10.6 Å². The Morgan fingerprint density at radius 3 is 2.70 bits per heavy atom. The molecular formula is C18H25N3OS. The van der Waals surface area contributed by atoms with Crippen LogP contribution in [0.5, 0.6) is 0 Å². The van der Waals surface area contributed by atoms with Gasteiger partial charge in [0.15, 0.2) is 0 Å². The van der Waals surface area contributed by atoms with Gasteiger partial charge in [-0.3, -0.25) is 9.80 Å². The number of aromatic nitrogens is 1. The maximum absolute atomic E-state index is 5.47. The van der Waals surface area contributed by atoms with Crippen LogP contribution in [-0.4, -0.2) is 53.7 Å². The van der Waals surface area contributed by atoms with Gasteiger partial charge in [0.05, 0.1) is 19.8 Å². The summed E-state index contributed by atoms with van der Waals surface area (Å²) in [5.41, 5.74) is 1.36. The first-order valence-electron chi connectivity index (χ1n) is 8.28. The number of ether oxygens (including phenoxy) is 1. The molecule has 0 aliphatic carbocycles. The molecule has 0 unspecified atom stereocenters.